The van der Waals surface area contributed by atoms with Gasteiger partial charge in [-0.15, -0.1) is 0 Å². The van der Waals surface area contributed by atoms with E-state index in [0.717, 1.165) is 39.1 Å². The topological polar surface area (TPSA) is 44.8 Å². The molecule has 22 heavy (non-hydrogen) atoms. The second-order valence-corrected chi connectivity index (χ2v) is 7.69. The molecular formula is C17H33N3O2. The number of likely N-dealkylation sites (tertiary alicyclic amines) is 2. The van der Waals surface area contributed by atoms with E-state index in [1.54, 1.807) is 0 Å². The molecule has 128 valence electrons. The van der Waals surface area contributed by atoms with E-state index in [0.29, 0.717) is 5.92 Å². The van der Waals surface area contributed by atoms with E-state index in [1.807, 2.05) is 25.7 Å². The van der Waals surface area contributed by atoms with Crippen LogP contribution in [0.1, 0.15) is 46.5 Å². The molecule has 1 amide bonds. The molecule has 1 unspecified atom stereocenters. The number of carbonyl (C=O) groups is 1. The Balaban J connectivity index is 1.57. The molecule has 5 heteroatoms. The highest BCUT2D eigenvalue weighted by molar-refractivity contribution is 5.68. The maximum atomic E-state index is 12.0. The number of rotatable bonds is 5. The van der Waals surface area contributed by atoms with Crippen molar-refractivity contribution >= 4 is 6.09 Å². The van der Waals surface area contributed by atoms with Gasteiger partial charge in [-0.2, -0.15) is 0 Å². The van der Waals surface area contributed by atoms with Crippen molar-refractivity contribution in [3.8, 4) is 0 Å². The molecule has 1 atom stereocenters. The van der Waals surface area contributed by atoms with E-state index in [4.69, 9.17) is 4.74 Å². The second kappa shape index (κ2) is 8.16. The molecule has 2 heterocycles. The first-order valence-electron chi connectivity index (χ1n) is 8.85. The number of piperidine rings is 1. The lowest BCUT2D eigenvalue weighted by molar-refractivity contribution is 0.0288. The van der Waals surface area contributed by atoms with Crippen LogP contribution in [-0.4, -0.2) is 67.3 Å². The molecule has 0 aliphatic carbocycles. The first kappa shape index (κ1) is 17.5. The maximum absolute atomic E-state index is 12.0. The number of amides is 1. The lowest BCUT2D eigenvalue weighted by Gasteiger charge is -2.26. The van der Waals surface area contributed by atoms with Crippen LogP contribution in [0.3, 0.4) is 0 Å². The van der Waals surface area contributed by atoms with Crippen LogP contribution in [-0.2, 0) is 4.74 Å². The summed E-state index contributed by atoms with van der Waals surface area (Å²) in [7, 11) is 0. The zero-order chi connectivity index (χ0) is 16.0. The van der Waals surface area contributed by atoms with Gasteiger partial charge in [0, 0.05) is 26.2 Å². The van der Waals surface area contributed by atoms with Crippen LogP contribution in [0.25, 0.3) is 0 Å². The summed E-state index contributed by atoms with van der Waals surface area (Å²) in [5.74, 6) is 0.564. The highest BCUT2D eigenvalue weighted by Crippen LogP contribution is 2.18. The average molecular weight is 311 g/mol. The van der Waals surface area contributed by atoms with Crippen LogP contribution in [0.15, 0.2) is 0 Å². The summed E-state index contributed by atoms with van der Waals surface area (Å²) in [5, 5.41) is 3.56. The summed E-state index contributed by atoms with van der Waals surface area (Å²) in [6, 6.07) is 0. The van der Waals surface area contributed by atoms with Gasteiger partial charge in [-0.05, 0) is 65.6 Å². The third-order valence-electron chi connectivity index (χ3n) is 4.42. The molecule has 0 spiro atoms. The molecule has 0 aromatic carbocycles. The van der Waals surface area contributed by atoms with Crippen molar-refractivity contribution in [3.05, 3.63) is 0 Å². The largest absolute Gasteiger partial charge is 0.444 e. The Bertz CT molecular complexity index is 348. The Labute approximate surface area is 135 Å². The summed E-state index contributed by atoms with van der Waals surface area (Å²) in [6.45, 7) is 13.1. The van der Waals surface area contributed by atoms with E-state index in [-0.39, 0.29) is 6.09 Å². The predicted molar refractivity (Wildman–Crippen MR) is 89.1 cm³/mol. The fourth-order valence-corrected chi connectivity index (χ4v) is 3.22. The lowest BCUT2D eigenvalue weighted by atomic mass is 10.1. The monoisotopic (exact) mass is 311 g/mol. The molecule has 2 aliphatic heterocycles. The number of nitrogens with one attached hydrogen (secondary N) is 1. The molecule has 2 saturated heterocycles. The van der Waals surface area contributed by atoms with Gasteiger partial charge in [-0.1, -0.05) is 6.42 Å². The zero-order valence-electron chi connectivity index (χ0n) is 14.6. The number of hydrogen-bond acceptors (Lipinski definition) is 4. The summed E-state index contributed by atoms with van der Waals surface area (Å²) < 4.78 is 5.43. The van der Waals surface area contributed by atoms with Crippen LogP contribution < -0.4 is 5.32 Å². The van der Waals surface area contributed by atoms with E-state index in [1.165, 1.54) is 32.4 Å². The number of hydrogen-bond donors (Lipinski definition) is 1. The Morgan fingerprint density at radius 2 is 1.91 bits per heavy atom. The van der Waals surface area contributed by atoms with Gasteiger partial charge in [0.2, 0.25) is 0 Å². The van der Waals surface area contributed by atoms with Crippen molar-refractivity contribution in [1.82, 2.24) is 15.1 Å². The van der Waals surface area contributed by atoms with Crippen molar-refractivity contribution in [2.24, 2.45) is 5.92 Å². The summed E-state index contributed by atoms with van der Waals surface area (Å²) >= 11 is 0. The molecule has 2 fully saturated rings. The molecule has 2 rings (SSSR count). The van der Waals surface area contributed by atoms with Crippen LogP contribution in [0.2, 0.25) is 0 Å². The van der Waals surface area contributed by atoms with E-state index >= 15 is 0 Å². The van der Waals surface area contributed by atoms with Gasteiger partial charge in [0.1, 0.15) is 5.60 Å². The van der Waals surface area contributed by atoms with E-state index < -0.39 is 5.60 Å². The number of nitrogens with zero attached hydrogens (tertiary/aromatic N) is 2. The minimum atomic E-state index is -0.401. The second-order valence-electron chi connectivity index (χ2n) is 7.69. The highest BCUT2D eigenvalue weighted by Gasteiger charge is 2.29. The summed E-state index contributed by atoms with van der Waals surface area (Å²) in [5.41, 5.74) is -0.401. The third kappa shape index (κ3) is 6.13. The minimum Gasteiger partial charge on any atom is -0.444 e. The van der Waals surface area contributed by atoms with Crippen molar-refractivity contribution in [3.63, 3.8) is 0 Å². The van der Waals surface area contributed by atoms with Gasteiger partial charge in [-0.3, -0.25) is 0 Å². The van der Waals surface area contributed by atoms with Crippen LogP contribution in [0, 0.1) is 5.92 Å². The van der Waals surface area contributed by atoms with Gasteiger partial charge in [0.05, 0.1) is 0 Å². The fourth-order valence-electron chi connectivity index (χ4n) is 3.22. The summed E-state index contributed by atoms with van der Waals surface area (Å²) in [4.78, 5) is 16.4. The van der Waals surface area contributed by atoms with Crippen molar-refractivity contribution < 1.29 is 9.53 Å². The van der Waals surface area contributed by atoms with Gasteiger partial charge in [-0.25, -0.2) is 4.79 Å². The summed E-state index contributed by atoms with van der Waals surface area (Å²) in [6.07, 6.45) is 5.02. The predicted octanol–water partition coefficient (Wildman–Crippen LogP) is 2.32. The molecule has 0 bridgehead atoms. The number of carbonyl (C=O) groups excluding carboxylic acids is 1. The number of ether oxygens (including phenoxy) is 1. The molecule has 1 N–H and O–H groups in total. The van der Waals surface area contributed by atoms with Gasteiger partial charge < -0.3 is 19.9 Å². The van der Waals surface area contributed by atoms with E-state index in [2.05, 4.69) is 10.2 Å². The zero-order valence-corrected chi connectivity index (χ0v) is 14.6. The molecule has 5 nitrogen and oxygen atoms in total. The molecule has 0 aromatic heterocycles. The Kier molecular flexibility index (Phi) is 6.50. The molecule has 2 aliphatic rings. The van der Waals surface area contributed by atoms with Gasteiger partial charge in [0.25, 0.3) is 0 Å². The SMILES string of the molecule is CC(C)(C)OC(=O)N1CCC(CNCCN2CCCCC2)C1. The van der Waals surface area contributed by atoms with Crippen LogP contribution in [0.4, 0.5) is 4.79 Å². The van der Waals surface area contributed by atoms with Crippen LogP contribution in [0.5, 0.6) is 0 Å². The van der Waals surface area contributed by atoms with E-state index in [9.17, 15) is 4.79 Å². The first-order valence-corrected chi connectivity index (χ1v) is 8.85. The van der Waals surface area contributed by atoms with Gasteiger partial charge >= 0.3 is 6.09 Å². The van der Waals surface area contributed by atoms with Crippen LogP contribution >= 0.6 is 0 Å². The van der Waals surface area contributed by atoms with Crippen molar-refractivity contribution in [2.45, 2.75) is 52.1 Å². The minimum absolute atomic E-state index is 0.164. The Morgan fingerprint density at radius 1 is 1.18 bits per heavy atom. The quantitative estimate of drug-likeness (QED) is 0.792. The van der Waals surface area contributed by atoms with Gasteiger partial charge in [0.15, 0.2) is 0 Å². The Hall–Kier alpha value is -0.810. The molecule has 0 saturated carbocycles. The highest BCUT2D eigenvalue weighted by atomic mass is 16.6. The lowest BCUT2D eigenvalue weighted by Crippen LogP contribution is -2.38. The molecule has 0 radical (unpaired) electrons. The van der Waals surface area contributed by atoms with Crippen molar-refractivity contribution in [2.75, 3.05) is 45.8 Å². The maximum Gasteiger partial charge on any atom is 0.410 e. The standard InChI is InChI=1S/C17H33N3O2/c1-17(2,3)22-16(21)20-11-7-15(14-20)13-18-8-12-19-9-5-4-6-10-19/h15,18H,4-14H2,1-3H3. The normalized spacial score (nSPS) is 23.8. The molecule has 0 aromatic rings. The molecular weight excluding hydrogens is 278 g/mol. The van der Waals surface area contributed by atoms with Crippen molar-refractivity contribution in [1.29, 1.82) is 0 Å². The smallest absolute Gasteiger partial charge is 0.410 e. The first-order chi connectivity index (χ1) is 10.4. The third-order valence-corrected chi connectivity index (χ3v) is 4.42. The fraction of sp³-hybridized carbons (Fsp3) is 0.941. The Morgan fingerprint density at radius 3 is 2.59 bits per heavy atom. The average Bonchev–Trinajstić information content (AvgIpc) is 2.92.